The second kappa shape index (κ2) is 18.4. The van der Waals surface area contributed by atoms with E-state index in [2.05, 4.69) is 31.6 Å². The van der Waals surface area contributed by atoms with Crippen LogP contribution in [0.1, 0.15) is 92.9 Å². The quantitative estimate of drug-likeness (QED) is 0.168. The highest BCUT2D eigenvalue weighted by Crippen LogP contribution is 2.36. The molecular formula is C33H52N6O10. The van der Waals surface area contributed by atoms with Crippen LogP contribution in [0.25, 0.3) is 0 Å². The normalized spacial score (nSPS) is 25.4. The lowest BCUT2D eigenvalue weighted by atomic mass is 9.75. The molecule has 5 amide bonds. The van der Waals surface area contributed by atoms with Crippen LogP contribution in [0.2, 0.25) is 0 Å². The summed E-state index contributed by atoms with van der Waals surface area (Å²) >= 11 is 0. The Morgan fingerprint density at radius 3 is 2.12 bits per heavy atom. The van der Waals surface area contributed by atoms with E-state index in [-0.39, 0.29) is 80.3 Å². The molecule has 1 fully saturated rings. The first kappa shape index (κ1) is 40.8. The number of carboxylic acids is 1. The van der Waals surface area contributed by atoms with Crippen LogP contribution in [-0.4, -0.2) is 106 Å². The van der Waals surface area contributed by atoms with Gasteiger partial charge in [0.05, 0.1) is 11.7 Å². The summed E-state index contributed by atoms with van der Waals surface area (Å²) in [7, 11) is 0. The summed E-state index contributed by atoms with van der Waals surface area (Å²) in [6.07, 6.45) is -0.683. The SMILES string of the molecule is CC(=N[C@H]1CCCCNC(=O)CCNC(=O)CC[C@@H](C(=O)N[C@H](C(=O)O)C(C)C)NC(=O)[C@H](C(C)O)NC1=O)C1=C(O)CC(C)(C)CC1=O. The third kappa shape index (κ3) is 12.9. The van der Waals surface area contributed by atoms with Gasteiger partial charge in [0, 0.05) is 44.5 Å². The molecule has 0 bridgehead atoms. The van der Waals surface area contributed by atoms with Crippen LogP contribution in [0, 0.1) is 11.3 Å². The van der Waals surface area contributed by atoms with Crippen LogP contribution in [0.3, 0.4) is 0 Å². The van der Waals surface area contributed by atoms with E-state index in [1.807, 2.05) is 13.8 Å². The molecule has 0 aromatic carbocycles. The Kier molecular flexibility index (Phi) is 15.4. The number of nitrogens with zero attached hydrogens (tertiary/aromatic N) is 1. The molecule has 1 unspecified atom stereocenters. The summed E-state index contributed by atoms with van der Waals surface area (Å²) in [4.78, 5) is 94.4. The molecule has 5 atom stereocenters. The second-order valence-electron chi connectivity index (χ2n) is 13.8. The fourth-order valence-electron chi connectivity index (χ4n) is 5.66. The van der Waals surface area contributed by atoms with E-state index in [0.29, 0.717) is 12.8 Å². The number of nitrogens with one attached hydrogen (secondary N) is 5. The molecule has 0 aromatic heterocycles. The summed E-state index contributed by atoms with van der Waals surface area (Å²) < 4.78 is 0. The molecule has 0 aromatic rings. The standard InChI is InChI=1S/C33H52N6O10/c1-17(2)27(32(48)49)38-30(46)21-10-11-24(43)35-14-12-25(44)34-13-8-7-9-20(29(45)39-28(19(4)40)31(47)37-21)36-18(3)26-22(41)15-33(5,6)16-23(26)42/h17,19-21,27-28,40-41H,7-16H2,1-6H3,(H,34,44)(H,35,43)(H,37,47)(H,38,46)(H,39,45)(H,48,49)/t19?,20-,21-,27-,28-/m0/s1. The molecule has 1 heterocycles. The van der Waals surface area contributed by atoms with E-state index in [9.17, 15) is 48.9 Å². The topological polar surface area (TPSA) is 253 Å². The number of aliphatic imine (C=N–C) groups is 1. The van der Waals surface area contributed by atoms with Gasteiger partial charge in [-0.25, -0.2) is 4.79 Å². The first-order chi connectivity index (χ1) is 22.8. The number of allylic oxidation sites excluding steroid dienone is 2. The van der Waals surface area contributed by atoms with Gasteiger partial charge in [-0.3, -0.25) is 33.8 Å². The fourth-order valence-corrected chi connectivity index (χ4v) is 5.66. The maximum Gasteiger partial charge on any atom is 0.326 e. The van der Waals surface area contributed by atoms with Gasteiger partial charge in [0.25, 0.3) is 0 Å². The van der Waals surface area contributed by atoms with E-state index < -0.39 is 71.2 Å². The van der Waals surface area contributed by atoms with Crippen molar-refractivity contribution in [2.75, 3.05) is 13.1 Å². The first-order valence-corrected chi connectivity index (χ1v) is 16.7. The molecule has 1 aliphatic heterocycles. The van der Waals surface area contributed by atoms with Crippen LogP contribution < -0.4 is 26.6 Å². The number of aliphatic hydroxyl groups excluding tert-OH is 2. The fraction of sp³-hybridized carbons (Fsp3) is 0.697. The van der Waals surface area contributed by atoms with Gasteiger partial charge >= 0.3 is 5.97 Å². The molecule has 274 valence electrons. The minimum absolute atomic E-state index is 0.0134. The van der Waals surface area contributed by atoms with E-state index in [4.69, 9.17) is 0 Å². The van der Waals surface area contributed by atoms with Crippen molar-refractivity contribution >= 4 is 47.0 Å². The highest BCUT2D eigenvalue weighted by molar-refractivity contribution is 6.22. The minimum Gasteiger partial charge on any atom is -0.511 e. The van der Waals surface area contributed by atoms with E-state index in [1.54, 1.807) is 13.8 Å². The number of Topliss-reactive ketones (excluding diaryl/α,β-unsaturated/α-hetero) is 1. The lowest BCUT2D eigenvalue weighted by Crippen LogP contribution is -2.59. The molecule has 2 rings (SSSR count). The summed E-state index contributed by atoms with van der Waals surface area (Å²) in [6, 6.07) is -5.51. The van der Waals surface area contributed by atoms with Crippen LogP contribution in [0.5, 0.6) is 0 Å². The molecule has 0 saturated carbocycles. The highest BCUT2D eigenvalue weighted by Gasteiger charge is 2.36. The molecule has 16 heteroatoms. The number of carboxylic acid groups (broad SMARTS) is 1. The average Bonchev–Trinajstić information content (AvgIpc) is 2.97. The number of aliphatic hydroxyl groups is 2. The zero-order valence-electron chi connectivity index (χ0n) is 29.2. The van der Waals surface area contributed by atoms with Crippen LogP contribution in [0.15, 0.2) is 16.3 Å². The Labute approximate surface area is 286 Å². The predicted molar refractivity (Wildman–Crippen MR) is 178 cm³/mol. The molecule has 1 aliphatic carbocycles. The number of ketones is 1. The summed E-state index contributed by atoms with van der Waals surface area (Å²) in [5, 5.41) is 43.4. The first-order valence-electron chi connectivity index (χ1n) is 16.7. The predicted octanol–water partition coefficient (Wildman–Crippen LogP) is 0.180. The Bertz CT molecular complexity index is 1340. The number of aliphatic carboxylic acids is 1. The molecule has 0 spiro atoms. The van der Waals surface area contributed by atoms with Crippen molar-refractivity contribution in [1.82, 2.24) is 26.6 Å². The van der Waals surface area contributed by atoms with Crippen molar-refractivity contribution in [1.29, 1.82) is 0 Å². The van der Waals surface area contributed by atoms with E-state index in [0.717, 1.165) is 0 Å². The van der Waals surface area contributed by atoms with Crippen molar-refractivity contribution in [3.8, 4) is 0 Å². The number of hydrogen-bond donors (Lipinski definition) is 8. The Balaban J connectivity index is 2.45. The number of carbonyl (C=O) groups is 7. The number of carbonyl (C=O) groups excluding carboxylic acids is 6. The van der Waals surface area contributed by atoms with Gasteiger partial charge < -0.3 is 41.9 Å². The largest absolute Gasteiger partial charge is 0.511 e. The van der Waals surface area contributed by atoms with Crippen molar-refractivity contribution in [2.24, 2.45) is 16.3 Å². The third-order valence-electron chi connectivity index (χ3n) is 8.35. The maximum absolute atomic E-state index is 13.7. The van der Waals surface area contributed by atoms with Gasteiger partial charge in [-0.1, -0.05) is 27.7 Å². The van der Waals surface area contributed by atoms with Gasteiger partial charge in [0.2, 0.25) is 29.5 Å². The summed E-state index contributed by atoms with van der Waals surface area (Å²) in [5.74, 6) is -5.77. The van der Waals surface area contributed by atoms with E-state index in [1.165, 1.54) is 13.8 Å². The van der Waals surface area contributed by atoms with Gasteiger partial charge in [-0.2, -0.15) is 0 Å². The maximum atomic E-state index is 13.7. The third-order valence-corrected chi connectivity index (χ3v) is 8.35. The minimum atomic E-state index is -1.60. The van der Waals surface area contributed by atoms with Crippen molar-refractivity contribution < 1.29 is 48.9 Å². The molecule has 2 aliphatic rings. The van der Waals surface area contributed by atoms with Gasteiger partial charge in [0.1, 0.15) is 29.9 Å². The number of rotatable bonds is 7. The monoisotopic (exact) mass is 692 g/mol. The Morgan fingerprint density at radius 2 is 1.53 bits per heavy atom. The molecule has 0 radical (unpaired) electrons. The lowest BCUT2D eigenvalue weighted by Gasteiger charge is -2.30. The van der Waals surface area contributed by atoms with Crippen LogP contribution in [0.4, 0.5) is 0 Å². The summed E-state index contributed by atoms with van der Waals surface area (Å²) in [5.41, 5.74) is -0.294. The second-order valence-corrected chi connectivity index (χ2v) is 13.8. The molecule has 16 nitrogen and oxygen atoms in total. The zero-order valence-corrected chi connectivity index (χ0v) is 29.2. The van der Waals surface area contributed by atoms with Crippen molar-refractivity contribution in [3.63, 3.8) is 0 Å². The molecular weight excluding hydrogens is 640 g/mol. The average molecular weight is 693 g/mol. The molecule has 1 saturated heterocycles. The molecule has 49 heavy (non-hydrogen) atoms. The highest BCUT2D eigenvalue weighted by atomic mass is 16.4. The van der Waals surface area contributed by atoms with E-state index >= 15 is 0 Å². The van der Waals surface area contributed by atoms with Gasteiger partial charge in [-0.05, 0) is 50.9 Å². The Hall–Kier alpha value is -4.34. The number of amides is 5. The van der Waals surface area contributed by atoms with Crippen molar-refractivity contribution in [2.45, 2.75) is 123 Å². The van der Waals surface area contributed by atoms with Gasteiger partial charge in [-0.15, -0.1) is 0 Å². The van der Waals surface area contributed by atoms with Crippen molar-refractivity contribution in [3.05, 3.63) is 11.3 Å². The smallest absolute Gasteiger partial charge is 0.326 e. The van der Waals surface area contributed by atoms with Crippen LogP contribution >= 0.6 is 0 Å². The number of hydrogen-bond acceptors (Lipinski definition) is 10. The summed E-state index contributed by atoms with van der Waals surface area (Å²) in [6.45, 7) is 9.89. The lowest BCUT2D eigenvalue weighted by molar-refractivity contribution is -0.144. The molecule has 8 N–H and O–H groups in total. The Morgan fingerprint density at radius 1 is 0.898 bits per heavy atom. The van der Waals surface area contributed by atoms with Gasteiger partial charge in [0.15, 0.2) is 5.78 Å². The zero-order chi connectivity index (χ0) is 37.1. The van der Waals surface area contributed by atoms with Crippen LogP contribution in [-0.2, 0) is 33.6 Å².